The predicted molar refractivity (Wildman–Crippen MR) is 319 cm³/mol. The number of hydrogen-bond donors (Lipinski definition) is 0. The second kappa shape index (κ2) is 18.2. The molecule has 0 N–H and O–H groups in total. The number of fused-ring (bicyclic) bond motifs is 7. The Morgan fingerprint density at radius 2 is 1.03 bits per heavy atom. The molecule has 11 aromatic carbocycles. The molecule has 14 rings (SSSR count). The van der Waals surface area contributed by atoms with E-state index in [1.807, 2.05) is 0 Å². The first-order valence-electron chi connectivity index (χ1n) is 26.7. The molecule has 0 aliphatic heterocycles. The van der Waals surface area contributed by atoms with E-state index in [2.05, 4.69) is 285 Å². The van der Waals surface area contributed by atoms with Crippen LogP contribution in [0.5, 0.6) is 0 Å². The maximum atomic E-state index is 2.61. The van der Waals surface area contributed by atoms with Crippen LogP contribution in [0.3, 0.4) is 0 Å². The lowest BCUT2D eigenvalue weighted by Gasteiger charge is -2.34. The molecule has 2 heteroatoms. The average molecular weight is 961 g/mol. The smallest absolute Gasteiger partial charge is 0.0566 e. The number of anilines is 4. The van der Waals surface area contributed by atoms with E-state index >= 15 is 0 Å². The summed E-state index contributed by atoms with van der Waals surface area (Å²) >= 11 is 0. The van der Waals surface area contributed by atoms with E-state index in [1.165, 1.54) is 121 Å². The Balaban J connectivity index is 1.08. The first-order valence-corrected chi connectivity index (χ1v) is 26.7. The van der Waals surface area contributed by atoms with Crippen LogP contribution in [0.1, 0.15) is 44.2 Å². The summed E-state index contributed by atoms with van der Waals surface area (Å²) in [6.45, 7) is 4.80. The quantitative estimate of drug-likeness (QED) is 0.142. The number of rotatable bonds is 9. The summed E-state index contributed by atoms with van der Waals surface area (Å²) in [6.07, 6.45) is 15.1. The molecule has 0 heterocycles. The van der Waals surface area contributed by atoms with E-state index < -0.39 is 0 Å². The third-order valence-corrected chi connectivity index (χ3v) is 16.3. The molecule has 2 nitrogen and oxygen atoms in total. The minimum Gasteiger partial charge on any atom is -0.334 e. The van der Waals surface area contributed by atoms with Crippen molar-refractivity contribution in [1.29, 1.82) is 0 Å². The molecule has 0 aromatic heterocycles. The molecule has 358 valence electrons. The Hall–Kier alpha value is -8.98. The Morgan fingerprint density at radius 1 is 0.413 bits per heavy atom. The fraction of sp³-hybridized carbons (Fsp3) is 0.0959. The van der Waals surface area contributed by atoms with Gasteiger partial charge >= 0.3 is 0 Å². The standard InChI is InChI=1S/C73H56N2/c1-73(2)67-33-17-16-32-61(67)62-43-40-54(46-68(62)73)72-64-45-42-57(74(55-26-8-4-9-27-55)69-34-18-24-51-22-12-14-30-59(51)69)47-65(64)71(53-38-36-50(37-39-53)49-20-6-3-7-21-49)63-44-41-58(48-66(63)72)75(56-28-10-5-11-29-56)70-35-19-25-52-23-13-15-31-60(52)70/h3,5-8,10-40,42-48,58H,4,9,41H2,1-2H3. The molecule has 0 spiro atoms. The largest absolute Gasteiger partial charge is 0.334 e. The summed E-state index contributed by atoms with van der Waals surface area (Å²) in [4.78, 5) is 5.09. The zero-order valence-corrected chi connectivity index (χ0v) is 42.4. The van der Waals surface area contributed by atoms with Crippen molar-refractivity contribution in [2.24, 2.45) is 0 Å². The highest BCUT2D eigenvalue weighted by molar-refractivity contribution is 6.09. The molecule has 3 aliphatic carbocycles. The molecule has 0 bridgehead atoms. The number of nitrogens with zero attached hydrogens (tertiary/aromatic N) is 2. The van der Waals surface area contributed by atoms with Gasteiger partial charge in [0.05, 0.1) is 11.7 Å². The summed E-state index contributed by atoms with van der Waals surface area (Å²) < 4.78 is 0. The molecule has 11 aromatic rings. The first kappa shape index (κ1) is 44.7. The molecule has 0 radical (unpaired) electrons. The van der Waals surface area contributed by atoms with Crippen molar-refractivity contribution in [3.8, 4) is 44.5 Å². The van der Waals surface area contributed by atoms with Gasteiger partial charge in [-0.1, -0.05) is 226 Å². The van der Waals surface area contributed by atoms with Crippen molar-refractivity contribution in [2.45, 2.75) is 44.6 Å². The molecular weight excluding hydrogens is 905 g/mol. The molecule has 1 unspecified atom stereocenters. The molecule has 0 saturated heterocycles. The van der Waals surface area contributed by atoms with Crippen LogP contribution in [-0.4, -0.2) is 6.04 Å². The Kier molecular flexibility index (Phi) is 10.8. The van der Waals surface area contributed by atoms with E-state index in [0.29, 0.717) is 0 Å². The Labute approximate surface area is 439 Å². The molecular formula is C73H56N2. The van der Waals surface area contributed by atoms with Crippen molar-refractivity contribution >= 4 is 67.2 Å². The van der Waals surface area contributed by atoms with Gasteiger partial charge in [0, 0.05) is 38.9 Å². The number of allylic oxidation sites excluding steroid dienone is 3. The van der Waals surface area contributed by atoms with Crippen LogP contribution in [0.25, 0.3) is 89.0 Å². The van der Waals surface area contributed by atoms with Gasteiger partial charge in [-0.15, -0.1) is 0 Å². The van der Waals surface area contributed by atoms with Crippen LogP contribution >= 0.6 is 0 Å². The van der Waals surface area contributed by atoms with Crippen LogP contribution in [0.2, 0.25) is 0 Å². The van der Waals surface area contributed by atoms with Gasteiger partial charge in [0.2, 0.25) is 0 Å². The van der Waals surface area contributed by atoms with Gasteiger partial charge in [0.1, 0.15) is 0 Å². The SMILES string of the molecule is CC1(C)c2ccccc2-c2ccc(-c3c4c(c(-c5ccc(-c6ccccc6)cc5)c5cc(N(C6=CCCC=C6)c6cccc7ccccc67)ccc35)=CCC(N(c3ccccc3)c3cccc5ccccc35)C=4)cc21. The van der Waals surface area contributed by atoms with Gasteiger partial charge in [0.15, 0.2) is 0 Å². The molecule has 75 heavy (non-hydrogen) atoms. The summed E-state index contributed by atoms with van der Waals surface area (Å²) in [5.41, 5.74) is 18.5. The van der Waals surface area contributed by atoms with Crippen LogP contribution in [-0.2, 0) is 5.41 Å². The number of hydrogen-bond acceptors (Lipinski definition) is 2. The lowest BCUT2D eigenvalue weighted by molar-refractivity contribution is 0.660. The summed E-state index contributed by atoms with van der Waals surface area (Å²) in [5.74, 6) is 0. The van der Waals surface area contributed by atoms with Crippen molar-refractivity contribution < 1.29 is 0 Å². The van der Waals surface area contributed by atoms with Gasteiger partial charge in [-0.2, -0.15) is 0 Å². The number of benzene rings is 11. The van der Waals surface area contributed by atoms with E-state index in [0.717, 1.165) is 24.9 Å². The minimum absolute atomic E-state index is 0.0106. The molecule has 0 saturated carbocycles. The van der Waals surface area contributed by atoms with Crippen LogP contribution in [0, 0.1) is 0 Å². The molecule has 1 atom stereocenters. The maximum absolute atomic E-state index is 2.61. The lowest BCUT2D eigenvalue weighted by atomic mass is 9.80. The van der Waals surface area contributed by atoms with Gasteiger partial charge in [-0.05, 0) is 155 Å². The zero-order valence-electron chi connectivity index (χ0n) is 42.4. The van der Waals surface area contributed by atoms with Crippen LogP contribution in [0.15, 0.2) is 254 Å². The van der Waals surface area contributed by atoms with Crippen molar-refractivity contribution in [3.05, 3.63) is 276 Å². The van der Waals surface area contributed by atoms with E-state index in [4.69, 9.17) is 0 Å². The normalized spacial score (nSPS) is 15.1. The van der Waals surface area contributed by atoms with E-state index in [1.54, 1.807) is 0 Å². The van der Waals surface area contributed by atoms with Gasteiger partial charge in [-0.3, -0.25) is 0 Å². The highest BCUT2D eigenvalue weighted by Gasteiger charge is 2.36. The maximum Gasteiger partial charge on any atom is 0.0566 e. The fourth-order valence-electron chi connectivity index (χ4n) is 12.8. The fourth-order valence-corrected chi connectivity index (χ4v) is 12.8. The Morgan fingerprint density at radius 3 is 1.79 bits per heavy atom. The van der Waals surface area contributed by atoms with E-state index in [9.17, 15) is 0 Å². The highest BCUT2D eigenvalue weighted by Crippen LogP contribution is 2.50. The second-order valence-electron chi connectivity index (χ2n) is 21.0. The third-order valence-electron chi connectivity index (χ3n) is 16.3. The van der Waals surface area contributed by atoms with Gasteiger partial charge in [-0.25, -0.2) is 0 Å². The lowest BCUT2D eigenvalue weighted by Crippen LogP contribution is -2.40. The third kappa shape index (κ3) is 7.54. The molecule has 0 amide bonds. The van der Waals surface area contributed by atoms with Crippen molar-refractivity contribution in [2.75, 3.05) is 9.80 Å². The van der Waals surface area contributed by atoms with Gasteiger partial charge in [0.25, 0.3) is 0 Å². The molecule has 3 aliphatic rings. The average Bonchev–Trinajstić information content (AvgIpc) is 3.70. The summed E-state index contributed by atoms with van der Waals surface area (Å²) in [7, 11) is 0. The van der Waals surface area contributed by atoms with Crippen LogP contribution < -0.4 is 20.2 Å². The predicted octanol–water partition coefficient (Wildman–Crippen LogP) is 18.0. The van der Waals surface area contributed by atoms with E-state index in [-0.39, 0.29) is 11.5 Å². The monoisotopic (exact) mass is 960 g/mol. The first-order chi connectivity index (χ1) is 37.0. The second-order valence-corrected chi connectivity index (χ2v) is 21.0. The van der Waals surface area contributed by atoms with Gasteiger partial charge < -0.3 is 9.80 Å². The van der Waals surface area contributed by atoms with Crippen molar-refractivity contribution in [3.63, 3.8) is 0 Å². The summed E-state index contributed by atoms with van der Waals surface area (Å²) in [5, 5.41) is 9.96. The minimum atomic E-state index is -0.164. The Bertz CT molecular complexity index is 4230. The molecule has 0 fully saturated rings. The zero-order chi connectivity index (χ0) is 50.0. The topological polar surface area (TPSA) is 6.48 Å². The summed E-state index contributed by atoms with van der Waals surface area (Å²) in [6, 6.07) is 85.9. The van der Waals surface area contributed by atoms with Crippen LogP contribution in [0.4, 0.5) is 22.7 Å². The van der Waals surface area contributed by atoms with Crippen molar-refractivity contribution in [1.82, 2.24) is 0 Å². The highest BCUT2D eigenvalue weighted by atomic mass is 15.2. The number of para-hydroxylation sites is 1.